The van der Waals surface area contributed by atoms with Crippen LogP contribution in [0.15, 0.2) is 24.3 Å². The summed E-state index contributed by atoms with van der Waals surface area (Å²) in [5.41, 5.74) is 8.45. The first-order chi connectivity index (χ1) is 9.22. The third kappa shape index (κ3) is 3.28. The average molecular weight is 259 g/mol. The van der Waals surface area contributed by atoms with E-state index in [1.165, 1.54) is 43.7 Å². The molecule has 1 saturated heterocycles. The Morgan fingerprint density at radius 2 is 1.74 bits per heavy atom. The lowest BCUT2D eigenvalue weighted by atomic mass is 10.1. The molecule has 1 aliphatic carbocycles. The molecule has 2 fully saturated rings. The van der Waals surface area contributed by atoms with Crippen LogP contribution in [-0.4, -0.2) is 37.6 Å². The summed E-state index contributed by atoms with van der Waals surface area (Å²) in [6.07, 6.45) is 2.91. The normalized spacial score (nSPS) is 22.5. The highest BCUT2D eigenvalue weighted by atomic mass is 15.3. The third-order valence-electron chi connectivity index (χ3n) is 4.37. The van der Waals surface area contributed by atoms with Crippen LogP contribution in [0.1, 0.15) is 31.4 Å². The molecule has 0 spiro atoms. The predicted octanol–water partition coefficient (Wildman–Crippen LogP) is 2.24. The van der Waals surface area contributed by atoms with Gasteiger partial charge < -0.3 is 10.6 Å². The third-order valence-corrected chi connectivity index (χ3v) is 4.37. The van der Waals surface area contributed by atoms with Gasteiger partial charge in [0.25, 0.3) is 0 Å². The number of nitrogens with zero attached hydrogens (tertiary/aromatic N) is 2. The highest BCUT2D eigenvalue weighted by Gasteiger charge is 2.26. The van der Waals surface area contributed by atoms with Gasteiger partial charge in [0.05, 0.1) is 0 Å². The van der Waals surface area contributed by atoms with Crippen LogP contribution in [0.4, 0.5) is 5.69 Å². The summed E-state index contributed by atoms with van der Waals surface area (Å²) in [6, 6.07) is 8.89. The van der Waals surface area contributed by atoms with Crippen molar-refractivity contribution in [3.8, 4) is 0 Å². The fraction of sp³-hybridized carbons (Fsp3) is 0.625. The van der Waals surface area contributed by atoms with E-state index in [-0.39, 0.29) is 6.04 Å². The molecule has 104 valence electrons. The monoisotopic (exact) mass is 259 g/mol. The van der Waals surface area contributed by atoms with E-state index in [1.54, 1.807) is 0 Å². The van der Waals surface area contributed by atoms with Gasteiger partial charge in [-0.2, -0.15) is 0 Å². The standard InChI is InChI=1S/C16H25N3/c1-13(17)15-4-6-16(7-5-15)19-10-8-18(9-11-19)12-14-2-3-14/h4-7,13-14H,2-3,8-12,17H2,1H3. The minimum atomic E-state index is 0.129. The van der Waals surface area contributed by atoms with Crippen molar-refractivity contribution >= 4 is 5.69 Å². The molecule has 2 N–H and O–H groups in total. The van der Waals surface area contributed by atoms with Crippen molar-refractivity contribution in [3.63, 3.8) is 0 Å². The fourth-order valence-corrected chi connectivity index (χ4v) is 2.84. The summed E-state index contributed by atoms with van der Waals surface area (Å²) in [6.45, 7) is 8.11. The number of anilines is 1. The molecule has 1 aromatic carbocycles. The molecule has 0 bridgehead atoms. The van der Waals surface area contributed by atoms with Crippen LogP contribution in [0.2, 0.25) is 0 Å². The number of hydrogen-bond acceptors (Lipinski definition) is 3. The van der Waals surface area contributed by atoms with Gasteiger partial charge >= 0.3 is 0 Å². The van der Waals surface area contributed by atoms with Gasteiger partial charge in [-0.05, 0) is 43.4 Å². The lowest BCUT2D eigenvalue weighted by Crippen LogP contribution is -2.47. The molecule has 1 aliphatic heterocycles. The van der Waals surface area contributed by atoms with E-state index in [0.717, 1.165) is 19.0 Å². The lowest BCUT2D eigenvalue weighted by Gasteiger charge is -2.36. The van der Waals surface area contributed by atoms with Gasteiger partial charge in [0.1, 0.15) is 0 Å². The van der Waals surface area contributed by atoms with E-state index in [4.69, 9.17) is 5.73 Å². The molecule has 2 aliphatic rings. The van der Waals surface area contributed by atoms with Crippen LogP contribution in [-0.2, 0) is 0 Å². The maximum atomic E-state index is 5.89. The minimum Gasteiger partial charge on any atom is -0.369 e. The first-order valence-corrected chi connectivity index (χ1v) is 7.55. The molecule has 0 amide bonds. The summed E-state index contributed by atoms with van der Waals surface area (Å²) >= 11 is 0. The molecule has 3 heteroatoms. The molecule has 1 unspecified atom stereocenters. The summed E-state index contributed by atoms with van der Waals surface area (Å²) in [4.78, 5) is 5.12. The Morgan fingerprint density at radius 3 is 2.26 bits per heavy atom. The van der Waals surface area contributed by atoms with Crippen molar-refractivity contribution in [2.75, 3.05) is 37.6 Å². The highest BCUT2D eigenvalue weighted by Crippen LogP contribution is 2.30. The molecule has 1 heterocycles. The second-order valence-corrected chi connectivity index (χ2v) is 6.11. The Labute approximate surface area is 116 Å². The van der Waals surface area contributed by atoms with Crippen LogP contribution in [0.5, 0.6) is 0 Å². The zero-order valence-electron chi connectivity index (χ0n) is 11.9. The number of hydrogen-bond donors (Lipinski definition) is 1. The van der Waals surface area contributed by atoms with E-state index >= 15 is 0 Å². The van der Waals surface area contributed by atoms with Crippen molar-refractivity contribution in [1.29, 1.82) is 0 Å². The van der Waals surface area contributed by atoms with Crippen molar-refractivity contribution in [2.45, 2.75) is 25.8 Å². The molecule has 0 aromatic heterocycles. The van der Waals surface area contributed by atoms with Gasteiger partial charge in [-0.25, -0.2) is 0 Å². The van der Waals surface area contributed by atoms with Gasteiger partial charge in [0.2, 0.25) is 0 Å². The van der Waals surface area contributed by atoms with Crippen LogP contribution >= 0.6 is 0 Å². The number of rotatable bonds is 4. The Kier molecular flexibility index (Phi) is 3.76. The summed E-state index contributed by atoms with van der Waals surface area (Å²) in [5, 5.41) is 0. The Balaban J connectivity index is 1.55. The van der Waals surface area contributed by atoms with E-state index in [9.17, 15) is 0 Å². The molecule has 0 radical (unpaired) electrons. The smallest absolute Gasteiger partial charge is 0.0367 e. The zero-order chi connectivity index (χ0) is 13.2. The predicted molar refractivity (Wildman–Crippen MR) is 80.4 cm³/mol. The maximum Gasteiger partial charge on any atom is 0.0367 e. The molecule has 1 saturated carbocycles. The first kappa shape index (κ1) is 12.9. The Bertz CT molecular complexity index is 401. The van der Waals surface area contributed by atoms with E-state index < -0.39 is 0 Å². The van der Waals surface area contributed by atoms with Gasteiger partial charge in [0.15, 0.2) is 0 Å². The summed E-state index contributed by atoms with van der Waals surface area (Å²) < 4.78 is 0. The first-order valence-electron chi connectivity index (χ1n) is 7.55. The van der Waals surface area contributed by atoms with Crippen molar-refractivity contribution in [3.05, 3.63) is 29.8 Å². The van der Waals surface area contributed by atoms with Gasteiger partial charge in [-0.3, -0.25) is 4.90 Å². The molecule has 3 rings (SSSR count). The Hall–Kier alpha value is -1.06. The maximum absolute atomic E-state index is 5.89. The van der Waals surface area contributed by atoms with Crippen LogP contribution in [0, 0.1) is 5.92 Å². The van der Waals surface area contributed by atoms with E-state index in [0.29, 0.717) is 0 Å². The van der Waals surface area contributed by atoms with Crippen molar-refractivity contribution in [2.24, 2.45) is 11.7 Å². The van der Waals surface area contributed by atoms with Gasteiger partial charge in [-0.1, -0.05) is 12.1 Å². The molecular weight excluding hydrogens is 234 g/mol. The topological polar surface area (TPSA) is 32.5 Å². The number of nitrogens with two attached hydrogens (primary N) is 1. The zero-order valence-corrected chi connectivity index (χ0v) is 11.9. The second kappa shape index (κ2) is 5.51. The van der Waals surface area contributed by atoms with Crippen molar-refractivity contribution in [1.82, 2.24) is 4.90 Å². The highest BCUT2D eigenvalue weighted by molar-refractivity contribution is 5.48. The lowest BCUT2D eigenvalue weighted by molar-refractivity contribution is 0.248. The summed E-state index contributed by atoms with van der Waals surface area (Å²) in [7, 11) is 0. The molecular formula is C16H25N3. The largest absolute Gasteiger partial charge is 0.369 e. The van der Waals surface area contributed by atoms with E-state index in [2.05, 4.69) is 34.1 Å². The molecule has 3 nitrogen and oxygen atoms in total. The molecule has 1 aromatic rings. The van der Waals surface area contributed by atoms with Gasteiger partial charge in [0, 0.05) is 44.5 Å². The summed E-state index contributed by atoms with van der Waals surface area (Å²) in [5.74, 6) is 1.01. The quantitative estimate of drug-likeness (QED) is 0.900. The second-order valence-electron chi connectivity index (χ2n) is 6.11. The van der Waals surface area contributed by atoms with Crippen LogP contribution < -0.4 is 10.6 Å². The Morgan fingerprint density at radius 1 is 1.11 bits per heavy atom. The average Bonchev–Trinajstić information content (AvgIpc) is 3.24. The van der Waals surface area contributed by atoms with Gasteiger partial charge in [-0.15, -0.1) is 0 Å². The molecule has 1 atom stereocenters. The van der Waals surface area contributed by atoms with Crippen LogP contribution in [0.3, 0.4) is 0 Å². The van der Waals surface area contributed by atoms with Crippen molar-refractivity contribution < 1.29 is 0 Å². The number of benzene rings is 1. The number of piperazine rings is 1. The minimum absolute atomic E-state index is 0.129. The fourth-order valence-electron chi connectivity index (χ4n) is 2.84. The SMILES string of the molecule is CC(N)c1ccc(N2CCN(CC3CC3)CC2)cc1. The van der Waals surface area contributed by atoms with E-state index in [1.807, 2.05) is 6.92 Å². The molecule has 19 heavy (non-hydrogen) atoms. The van der Waals surface area contributed by atoms with Crippen LogP contribution in [0.25, 0.3) is 0 Å².